The predicted octanol–water partition coefficient (Wildman–Crippen LogP) is 5.55. The van der Waals surface area contributed by atoms with E-state index in [2.05, 4.69) is 20.8 Å². The Morgan fingerprint density at radius 2 is 1.38 bits per heavy atom. The summed E-state index contributed by atoms with van der Waals surface area (Å²) in [5, 5.41) is 0. The molecular weight excluding hydrogens is 364 g/mol. The van der Waals surface area contributed by atoms with E-state index in [4.69, 9.17) is 14.2 Å². The molecule has 4 nitrogen and oxygen atoms in total. The number of esters is 1. The lowest BCUT2D eigenvalue weighted by Gasteiger charge is -2.22. The fourth-order valence-electron chi connectivity index (χ4n) is 2.85. The average molecular weight is 390 g/mol. The van der Waals surface area contributed by atoms with Crippen LogP contribution in [0.4, 0.5) is 0 Å². The maximum atomic E-state index is 12.2. The quantitative estimate of drug-likeness (QED) is 0.392. The summed E-state index contributed by atoms with van der Waals surface area (Å²) in [5.41, 5.74) is 2.07. The molecule has 0 heterocycles. The average Bonchev–Trinajstić information content (AvgIpc) is 2.72. The molecule has 0 aliphatic rings. The minimum atomic E-state index is -0.452. The van der Waals surface area contributed by atoms with Crippen LogP contribution >= 0.6 is 0 Å². The molecule has 3 rings (SSSR count). The molecule has 4 heteroatoms. The number of hydrogen-bond donors (Lipinski definition) is 0. The summed E-state index contributed by atoms with van der Waals surface area (Å²) >= 11 is 0. The standard InChI is InChI=1S/C25H26O4/c1-25(2,3)22-11-7-8-12-23(22)28-18-24(26)29-21-15-13-20(14-16-21)27-17-19-9-5-4-6-10-19/h4-16H,17-18H2,1-3H3. The first-order chi connectivity index (χ1) is 13.9. The molecule has 0 saturated heterocycles. The van der Waals surface area contributed by atoms with E-state index in [1.165, 1.54) is 0 Å². The van der Waals surface area contributed by atoms with Crippen LogP contribution in [0.1, 0.15) is 31.9 Å². The van der Waals surface area contributed by atoms with Crippen molar-refractivity contribution in [2.24, 2.45) is 0 Å². The van der Waals surface area contributed by atoms with Crippen LogP contribution < -0.4 is 14.2 Å². The maximum absolute atomic E-state index is 12.2. The third kappa shape index (κ3) is 6.11. The van der Waals surface area contributed by atoms with Gasteiger partial charge in [0.2, 0.25) is 0 Å². The van der Waals surface area contributed by atoms with Crippen LogP contribution in [0.25, 0.3) is 0 Å². The number of hydrogen-bond acceptors (Lipinski definition) is 4. The van der Waals surface area contributed by atoms with Gasteiger partial charge in [0, 0.05) is 0 Å². The summed E-state index contributed by atoms with van der Waals surface area (Å²) in [5.74, 6) is 1.41. The Kier molecular flexibility index (Phi) is 6.55. The molecular formula is C25H26O4. The molecule has 0 atom stereocenters. The van der Waals surface area contributed by atoms with Crippen LogP contribution in [0.3, 0.4) is 0 Å². The summed E-state index contributed by atoms with van der Waals surface area (Å²) in [6.07, 6.45) is 0. The molecule has 0 radical (unpaired) electrons. The molecule has 29 heavy (non-hydrogen) atoms. The third-order valence-electron chi connectivity index (χ3n) is 4.34. The van der Waals surface area contributed by atoms with Crippen LogP contribution in [0, 0.1) is 0 Å². The van der Waals surface area contributed by atoms with Gasteiger partial charge in [0.05, 0.1) is 0 Å². The van der Waals surface area contributed by atoms with E-state index in [1.54, 1.807) is 24.3 Å². The van der Waals surface area contributed by atoms with Crippen molar-refractivity contribution < 1.29 is 19.0 Å². The number of para-hydroxylation sites is 1. The molecule has 0 bridgehead atoms. The van der Waals surface area contributed by atoms with Gasteiger partial charge in [-0.2, -0.15) is 0 Å². The Morgan fingerprint density at radius 3 is 2.07 bits per heavy atom. The fourth-order valence-corrected chi connectivity index (χ4v) is 2.85. The first-order valence-corrected chi connectivity index (χ1v) is 9.61. The summed E-state index contributed by atoms with van der Waals surface area (Å²) in [6, 6.07) is 24.6. The lowest BCUT2D eigenvalue weighted by molar-refractivity contribution is -0.136. The van der Waals surface area contributed by atoms with Crippen molar-refractivity contribution in [3.8, 4) is 17.2 Å². The van der Waals surface area contributed by atoms with Gasteiger partial charge in [0.15, 0.2) is 6.61 Å². The zero-order valence-electron chi connectivity index (χ0n) is 17.1. The topological polar surface area (TPSA) is 44.8 Å². The van der Waals surface area contributed by atoms with Crippen molar-refractivity contribution in [3.05, 3.63) is 90.0 Å². The van der Waals surface area contributed by atoms with Gasteiger partial charge in [-0.15, -0.1) is 0 Å². The Labute approximate surface area is 172 Å². The van der Waals surface area contributed by atoms with E-state index >= 15 is 0 Å². The largest absolute Gasteiger partial charge is 0.489 e. The van der Waals surface area contributed by atoms with E-state index in [0.717, 1.165) is 11.1 Å². The second-order valence-corrected chi connectivity index (χ2v) is 7.75. The molecule has 3 aromatic rings. The van der Waals surface area contributed by atoms with Crippen LogP contribution in [-0.4, -0.2) is 12.6 Å². The van der Waals surface area contributed by atoms with Crippen LogP contribution in [0.2, 0.25) is 0 Å². The van der Waals surface area contributed by atoms with E-state index in [9.17, 15) is 4.79 Å². The lowest BCUT2D eigenvalue weighted by atomic mass is 9.86. The smallest absolute Gasteiger partial charge is 0.349 e. The first-order valence-electron chi connectivity index (χ1n) is 9.61. The van der Waals surface area contributed by atoms with Crippen molar-refractivity contribution >= 4 is 5.97 Å². The highest BCUT2D eigenvalue weighted by Gasteiger charge is 2.19. The molecule has 0 N–H and O–H groups in total. The zero-order chi connectivity index (χ0) is 20.7. The van der Waals surface area contributed by atoms with E-state index in [1.807, 2.05) is 54.6 Å². The molecule has 150 valence electrons. The van der Waals surface area contributed by atoms with E-state index < -0.39 is 5.97 Å². The van der Waals surface area contributed by atoms with Crippen molar-refractivity contribution in [2.45, 2.75) is 32.8 Å². The first kappa shape index (κ1) is 20.5. The number of benzene rings is 3. The monoisotopic (exact) mass is 390 g/mol. The van der Waals surface area contributed by atoms with Gasteiger partial charge < -0.3 is 14.2 Å². The van der Waals surface area contributed by atoms with Gasteiger partial charge in [0.25, 0.3) is 0 Å². The summed E-state index contributed by atoms with van der Waals surface area (Å²) < 4.78 is 16.8. The molecule has 0 aliphatic heterocycles. The minimum Gasteiger partial charge on any atom is -0.489 e. The number of ether oxygens (including phenoxy) is 3. The SMILES string of the molecule is CC(C)(C)c1ccccc1OCC(=O)Oc1ccc(OCc2ccccc2)cc1. The Hall–Kier alpha value is -3.27. The van der Waals surface area contributed by atoms with Crippen LogP contribution in [-0.2, 0) is 16.8 Å². The summed E-state index contributed by atoms with van der Waals surface area (Å²) in [7, 11) is 0. The summed E-state index contributed by atoms with van der Waals surface area (Å²) in [6.45, 7) is 6.65. The number of carbonyl (C=O) groups is 1. The third-order valence-corrected chi connectivity index (χ3v) is 4.34. The van der Waals surface area contributed by atoms with Gasteiger partial charge >= 0.3 is 5.97 Å². The molecule has 3 aromatic carbocycles. The fraction of sp³-hybridized carbons (Fsp3) is 0.240. The van der Waals surface area contributed by atoms with Crippen molar-refractivity contribution in [3.63, 3.8) is 0 Å². The highest BCUT2D eigenvalue weighted by Crippen LogP contribution is 2.31. The molecule has 0 aliphatic carbocycles. The number of carbonyl (C=O) groups excluding carboxylic acids is 1. The maximum Gasteiger partial charge on any atom is 0.349 e. The van der Waals surface area contributed by atoms with Crippen LogP contribution in [0.5, 0.6) is 17.2 Å². The molecule has 0 aromatic heterocycles. The van der Waals surface area contributed by atoms with Crippen molar-refractivity contribution in [1.82, 2.24) is 0 Å². The van der Waals surface area contributed by atoms with Gasteiger partial charge in [-0.25, -0.2) is 4.79 Å². The lowest BCUT2D eigenvalue weighted by Crippen LogP contribution is -2.20. The van der Waals surface area contributed by atoms with Crippen molar-refractivity contribution in [2.75, 3.05) is 6.61 Å². The second-order valence-electron chi connectivity index (χ2n) is 7.75. The normalized spacial score (nSPS) is 11.0. The van der Waals surface area contributed by atoms with E-state index in [-0.39, 0.29) is 12.0 Å². The molecule has 0 fully saturated rings. The number of rotatable bonds is 7. The highest BCUT2D eigenvalue weighted by molar-refractivity contribution is 5.74. The van der Waals surface area contributed by atoms with Gasteiger partial charge in [-0.1, -0.05) is 69.3 Å². The Morgan fingerprint density at radius 1 is 0.759 bits per heavy atom. The molecule has 0 amide bonds. The minimum absolute atomic E-state index is 0.0733. The Bertz CT molecular complexity index is 925. The van der Waals surface area contributed by atoms with Crippen LogP contribution in [0.15, 0.2) is 78.9 Å². The summed E-state index contributed by atoms with van der Waals surface area (Å²) in [4.78, 5) is 12.2. The molecule has 0 saturated carbocycles. The van der Waals surface area contributed by atoms with E-state index in [0.29, 0.717) is 23.9 Å². The predicted molar refractivity (Wildman–Crippen MR) is 113 cm³/mol. The Balaban J connectivity index is 1.51. The molecule has 0 spiro atoms. The van der Waals surface area contributed by atoms with Crippen molar-refractivity contribution in [1.29, 1.82) is 0 Å². The second kappa shape index (κ2) is 9.28. The van der Waals surface area contributed by atoms with Gasteiger partial charge in [-0.3, -0.25) is 0 Å². The highest BCUT2D eigenvalue weighted by atomic mass is 16.6. The van der Waals surface area contributed by atoms with Gasteiger partial charge in [-0.05, 0) is 46.9 Å². The van der Waals surface area contributed by atoms with Gasteiger partial charge in [0.1, 0.15) is 23.9 Å². The zero-order valence-corrected chi connectivity index (χ0v) is 17.1. The molecule has 0 unspecified atom stereocenters.